The van der Waals surface area contributed by atoms with Crippen LogP contribution in [-0.4, -0.2) is 23.1 Å². The average Bonchev–Trinajstić information content (AvgIpc) is 2.32. The molecule has 2 rings (SSSR count). The molecular formula is C13H20ClN3. The van der Waals surface area contributed by atoms with E-state index in [2.05, 4.69) is 35.6 Å². The number of hydrogen-bond donors (Lipinski definition) is 0. The van der Waals surface area contributed by atoms with E-state index in [4.69, 9.17) is 11.6 Å². The van der Waals surface area contributed by atoms with E-state index < -0.39 is 0 Å². The number of anilines is 1. The second kappa shape index (κ2) is 5.21. The van der Waals surface area contributed by atoms with Crippen molar-refractivity contribution in [2.75, 3.05) is 18.0 Å². The van der Waals surface area contributed by atoms with Gasteiger partial charge in [0.2, 0.25) is 0 Å². The van der Waals surface area contributed by atoms with Gasteiger partial charge in [0.25, 0.3) is 0 Å². The van der Waals surface area contributed by atoms with Crippen LogP contribution >= 0.6 is 11.6 Å². The van der Waals surface area contributed by atoms with Crippen molar-refractivity contribution in [1.82, 2.24) is 9.97 Å². The fraction of sp³-hybridized carbons (Fsp3) is 0.692. The molecule has 17 heavy (non-hydrogen) atoms. The number of hydrogen-bond acceptors (Lipinski definition) is 3. The fourth-order valence-corrected chi connectivity index (χ4v) is 2.68. The minimum Gasteiger partial charge on any atom is -0.356 e. The van der Waals surface area contributed by atoms with Gasteiger partial charge in [-0.15, -0.1) is 0 Å². The van der Waals surface area contributed by atoms with Crippen LogP contribution in [0.5, 0.6) is 0 Å². The zero-order chi connectivity index (χ0) is 12.4. The fourth-order valence-electron chi connectivity index (χ4n) is 2.41. The van der Waals surface area contributed by atoms with E-state index in [1.165, 1.54) is 6.42 Å². The van der Waals surface area contributed by atoms with Crippen LogP contribution in [0.3, 0.4) is 0 Å². The third kappa shape index (κ3) is 2.54. The summed E-state index contributed by atoms with van der Waals surface area (Å²) >= 11 is 6.14. The highest BCUT2D eigenvalue weighted by Gasteiger charge is 2.25. The molecule has 0 aromatic carbocycles. The molecule has 0 saturated carbocycles. The summed E-state index contributed by atoms with van der Waals surface area (Å²) in [6.45, 7) is 8.89. The Morgan fingerprint density at radius 2 is 2.12 bits per heavy atom. The van der Waals surface area contributed by atoms with Crippen molar-refractivity contribution >= 4 is 17.4 Å². The lowest BCUT2D eigenvalue weighted by molar-refractivity contribution is 0.322. The lowest BCUT2D eigenvalue weighted by atomic mass is 9.88. The molecular weight excluding hydrogens is 234 g/mol. The molecule has 1 fully saturated rings. The van der Waals surface area contributed by atoms with Crippen LogP contribution in [0.1, 0.15) is 32.8 Å². The maximum Gasteiger partial charge on any atom is 0.137 e. The molecule has 3 nitrogen and oxygen atoms in total. The van der Waals surface area contributed by atoms with Gasteiger partial charge in [-0.2, -0.15) is 0 Å². The van der Waals surface area contributed by atoms with E-state index in [1.54, 1.807) is 6.33 Å². The van der Waals surface area contributed by atoms with E-state index in [0.717, 1.165) is 36.8 Å². The Labute approximate surface area is 108 Å². The molecule has 1 aliphatic rings. The topological polar surface area (TPSA) is 29.0 Å². The van der Waals surface area contributed by atoms with Crippen molar-refractivity contribution in [3.05, 3.63) is 17.0 Å². The van der Waals surface area contributed by atoms with Crippen LogP contribution in [0.4, 0.5) is 5.82 Å². The second-order valence-electron chi connectivity index (χ2n) is 5.01. The molecule has 1 aromatic rings. The lowest BCUT2D eigenvalue weighted by Gasteiger charge is -2.36. The molecule has 0 bridgehead atoms. The molecule has 0 aliphatic carbocycles. The van der Waals surface area contributed by atoms with Gasteiger partial charge in [0.1, 0.15) is 17.3 Å². The Kier molecular flexibility index (Phi) is 3.87. The molecule has 0 N–H and O–H groups in total. The van der Waals surface area contributed by atoms with Crippen LogP contribution in [0.15, 0.2) is 6.33 Å². The van der Waals surface area contributed by atoms with Crippen LogP contribution < -0.4 is 4.90 Å². The van der Waals surface area contributed by atoms with Gasteiger partial charge in [0.05, 0.1) is 0 Å². The largest absolute Gasteiger partial charge is 0.356 e. The Bertz CT molecular complexity index is 394. The highest BCUT2D eigenvalue weighted by molar-refractivity contribution is 6.30. The summed E-state index contributed by atoms with van der Waals surface area (Å²) in [6, 6.07) is 0. The Hall–Kier alpha value is -0.830. The van der Waals surface area contributed by atoms with Crippen LogP contribution in [-0.2, 0) is 6.42 Å². The summed E-state index contributed by atoms with van der Waals surface area (Å²) in [7, 11) is 0. The van der Waals surface area contributed by atoms with Crippen molar-refractivity contribution in [3.63, 3.8) is 0 Å². The van der Waals surface area contributed by atoms with Crippen molar-refractivity contribution in [3.8, 4) is 0 Å². The van der Waals surface area contributed by atoms with Gasteiger partial charge in [-0.25, -0.2) is 9.97 Å². The van der Waals surface area contributed by atoms with E-state index >= 15 is 0 Å². The molecule has 94 valence electrons. The second-order valence-corrected chi connectivity index (χ2v) is 5.37. The third-order valence-corrected chi connectivity index (χ3v) is 4.18. The maximum atomic E-state index is 6.14. The number of rotatable bonds is 2. The first-order valence-electron chi connectivity index (χ1n) is 6.37. The van der Waals surface area contributed by atoms with Gasteiger partial charge in [-0.3, -0.25) is 0 Å². The Morgan fingerprint density at radius 1 is 1.35 bits per heavy atom. The molecule has 4 heteroatoms. The predicted molar refractivity (Wildman–Crippen MR) is 71.6 cm³/mol. The first kappa shape index (κ1) is 12.6. The lowest BCUT2D eigenvalue weighted by Crippen LogP contribution is -2.39. The van der Waals surface area contributed by atoms with Gasteiger partial charge >= 0.3 is 0 Å². The zero-order valence-corrected chi connectivity index (χ0v) is 11.5. The maximum absolute atomic E-state index is 6.14. The molecule has 0 radical (unpaired) electrons. The summed E-state index contributed by atoms with van der Waals surface area (Å²) in [6.07, 6.45) is 3.68. The first-order valence-corrected chi connectivity index (χ1v) is 6.75. The summed E-state index contributed by atoms with van der Waals surface area (Å²) in [4.78, 5) is 10.8. The van der Waals surface area contributed by atoms with E-state index in [1.807, 2.05) is 0 Å². The van der Waals surface area contributed by atoms with Crippen LogP contribution in [0.2, 0.25) is 5.15 Å². The normalized spacial score (nSPS) is 25.1. The monoisotopic (exact) mass is 253 g/mol. The first-order chi connectivity index (χ1) is 8.13. The van der Waals surface area contributed by atoms with Gasteiger partial charge in [0, 0.05) is 18.7 Å². The van der Waals surface area contributed by atoms with Gasteiger partial charge in [0.15, 0.2) is 0 Å². The highest BCUT2D eigenvalue weighted by atomic mass is 35.5. The SMILES string of the molecule is CCc1c(Cl)ncnc1N1CCC(C)C(C)C1. The van der Waals surface area contributed by atoms with E-state index in [0.29, 0.717) is 11.1 Å². The quantitative estimate of drug-likeness (QED) is 0.758. The average molecular weight is 254 g/mol. The highest BCUT2D eigenvalue weighted by Crippen LogP contribution is 2.30. The van der Waals surface area contributed by atoms with Crippen molar-refractivity contribution in [2.45, 2.75) is 33.6 Å². The van der Waals surface area contributed by atoms with E-state index in [9.17, 15) is 0 Å². The van der Waals surface area contributed by atoms with Crippen molar-refractivity contribution < 1.29 is 0 Å². The summed E-state index contributed by atoms with van der Waals surface area (Å²) in [5.74, 6) is 2.54. The Morgan fingerprint density at radius 3 is 2.76 bits per heavy atom. The Balaban J connectivity index is 2.25. The predicted octanol–water partition coefficient (Wildman–Crippen LogP) is 3.17. The number of nitrogens with zero attached hydrogens (tertiary/aromatic N) is 3. The van der Waals surface area contributed by atoms with E-state index in [-0.39, 0.29) is 0 Å². The smallest absolute Gasteiger partial charge is 0.137 e. The summed E-state index contributed by atoms with van der Waals surface area (Å²) in [5, 5.41) is 0.601. The van der Waals surface area contributed by atoms with Gasteiger partial charge in [-0.1, -0.05) is 32.4 Å². The minimum atomic E-state index is 0.601. The molecule has 2 heterocycles. The number of aromatic nitrogens is 2. The standard InChI is InChI=1S/C13H20ClN3/c1-4-11-12(14)15-8-16-13(11)17-6-5-9(2)10(3)7-17/h8-10H,4-7H2,1-3H3. The zero-order valence-electron chi connectivity index (χ0n) is 10.8. The van der Waals surface area contributed by atoms with Crippen LogP contribution in [0.25, 0.3) is 0 Å². The summed E-state index contributed by atoms with van der Waals surface area (Å²) < 4.78 is 0. The summed E-state index contributed by atoms with van der Waals surface area (Å²) in [5.41, 5.74) is 1.08. The molecule has 2 unspecified atom stereocenters. The molecule has 1 aliphatic heterocycles. The molecule has 2 atom stereocenters. The van der Waals surface area contributed by atoms with Gasteiger partial charge < -0.3 is 4.90 Å². The molecule has 0 amide bonds. The van der Waals surface area contributed by atoms with Crippen molar-refractivity contribution in [1.29, 1.82) is 0 Å². The molecule has 1 aromatic heterocycles. The van der Waals surface area contributed by atoms with Crippen LogP contribution in [0, 0.1) is 11.8 Å². The third-order valence-electron chi connectivity index (χ3n) is 3.86. The molecule has 1 saturated heterocycles. The number of piperidine rings is 1. The molecule has 0 spiro atoms. The van der Waals surface area contributed by atoms with Crippen molar-refractivity contribution in [2.24, 2.45) is 11.8 Å². The minimum absolute atomic E-state index is 0.601. The number of halogens is 1. The van der Waals surface area contributed by atoms with Gasteiger partial charge in [-0.05, 0) is 24.7 Å².